The Morgan fingerprint density at radius 1 is 1.08 bits per heavy atom. The van der Waals surface area contributed by atoms with E-state index < -0.39 is 19.9 Å². The van der Waals surface area contributed by atoms with Crippen LogP contribution in [-0.2, 0) is 25.6 Å². The van der Waals surface area contributed by atoms with Crippen LogP contribution >= 0.6 is 12.4 Å². The summed E-state index contributed by atoms with van der Waals surface area (Å²) in [6.07, 6.45) is 3.12. The second-order valence-electron chi connectivity index (χ2n) is 6.70. The van der Waals surface area contributed by atoms with Crippen molar-refractivity contribution in [1.82, 2.24) is 4.31 Å². The quantitative estimate of drug-likeness (QED) is 0.821. The number of rotatable bonds is 4. The second kappa shape index (κ2) is 6.92. The van der Waals surface area contributed by atoms with Crippen LogP contribution in [-0.4, -0.2) is 46.5 Å². The molecule has 136 valence electrons. The minimum Gasteiger partial charge on any atom is -0.327 e. The average Bonchev–Trinajstić information content (AvgIpc) is 3.01. The van der Waals surface area contributed by atoms with Crippen LogP contribution in [0, 0.1) is 11.8 Å². The molecule has 2 fully saturated rings. The lowest BCUT2D eigenvalue weighted by Crippen LogP contribution is -2.33. The molecule has 0 bridgehead atoms. The van der Waals surface area contributed by atoms with Gasteiger partial charge in [0.1, 0.15) is 0 Å². The maximum absolute atomic E-state index is 12.7. The molecular weight excluding hydrogens is 372 g/mol. The highest BCUT2D eigenvalue weighted by atomic mass is 35.5. The molecule has 3 rings (SSSR count). The fraction of sp³-hybridized carbons (Fsp3) is 0.600. The van der Waals surface area contributed by atoms with Gasteiger partial charge in [-0.2, -0.15) is 4.31 Å². The topological polar surface area (TPSA) is 97.5 Å². The first kappa shape index (κ1) is 19.7. The lowest BCUT2D eigenvalue weighted by atomic mass is 9.98. The maximum Gasteiger partial charge on any atom is 0.243 e. The van der Waals surface area contributed by atoms with Gasteiger partial charge >= 0.3 is 0 Å². The molecule has 24 heavy (non-hydrogen) atoms. The molecule has 0 radical (unpaired) electrons. The molecule has 0 amide bonds. The highest BCUT2D eigenvalue weighted by Crippen LogP contribution is 2.39. The summed E-state index contributed by atoms with van der Waals surface area (Å²) in [6, 6.07) is 6.21. The third-order valence-electron chi connectivity index (χ3n) is 4.87. The lowest BCUT2D eigenvalue weighted by Gasteiger charge is -2.18. The van der Waals surface area contributed by atoms with E-state index in [-0.39, 0.29) is 35.0 Å². The van der Waals surface area contributed by atoms with E-state index in [1.165, 1.54) is 16.4 Å². The summed E-state index contributed by atoms with van der Waals surface area (Å²) in [6.45, 7) is 1.02. The van der Waals surface area contributed by atoms with E-state index in [0.29, 0.717) is 24.6 Å². The number of halogens is 1. The van der Waals surface area contributed by atoms with Crippen LogP contribution in [0.1, 0.15) is 18.4 Å². The maximum atomic E-state index is 12.7. The Kier molecular flexibility index (Phi) is 5.66. The molecule has 0 spiro atoms. The van der Waals surface area contributed by atoms with E-state index >= 15 is 0 Å². The van der Waals surface area contributed by atoms with Gasteiger partial charge in [0.2, 0.25) is 10.0 Å². The summed E-state index contributed by atoms with van der Waals surface area (Å²) in [5.74, 6) is 0.536. The third kappa shape index (κ3) is 3.94. The molecule has 1 aromatic rings. The number of fused-ring (bicyclic) bond motifs is 1. The highest BCUT2D eigenvalue weighted by molar-refractivity contribution is 7.90. The van der Waals surface area contributed by atoms with E-state index in [1.807, 2.05) is 0 Å². The van der Waals surface area contributed by atoms with Crippen LogP contribution in [0.5, 0.6) is 0 Å². The van der Waals surface area contributed by atoms with Crippen LogP contribution in [0.2, 0.25) is 0 Å². The van der Waals surface area contributed by atoms with Gasteiger partial charge in [0.25, 0.3) is 0 Å². The average molecular weight is 395 g/mol. The number of sulfonamides is 1. The zero-order chi connectivity index (χ0) is 16.8. The van der Waals surface area contributed by atoms with Crippen LogP contribution in [0.25, 0.3) is 0 Å². The molecule has 1 heterocycles. The Morgan fingerprint density at radius 3 is 2.25 bits per heavy atom. The van der Waals surface area contributed by atoms with Crippen LogP contribution in [0.3, 0.4) is 0 Å². The first-order valence-corrected chi connectivity index (χ1v) is 11.2. The monoisotopic (exact) mass is 394 g/mol. The number of nitrogens with zero attached hydrogens (tertiary/aromatic N) is 1. The largest absolute Gasteiger partial charge is 0.327 e. The van der Waals surface area contributed by atoms with Crippen molar-refractivity contribution in [3.63, 3.8) is 0 Å². The molecule has 1 aliphatic heterocycles. The van der Waals surface area contributed by atoms with Crippen molar-refractivity contribution in [3.8, 4) is 0 Å². The smallest absolute Gasteiger partial charge is 0.243 e. The van der Waals surface area contributed by atoms with Crippen molar-refractivity contribution in [3.05, 3.63) is 29.8 Å². The Labute approximate surface area is 149 Å². The molecule has 3 unspecified atom stereocenters. The summed E-state index contributed by atoms with van der Waals surface area (Å²) in [5, 5.41) is 0. The normalized spacial score (nSPS) is 27.7. The lowest BCUT2D eigenvalue weighted by molar-refractivity contribution is 0.427. The molecule has 0 aromatic heterocycles. The molecule has 2 aliphatic rings. The number of benzene rings is 1. The van der Waals surface area contributed by atoms with E-state index in [2.05, 4.69) is 0 Å². The highest BCUT2D eigenvalue weighted by Gasteiger charge is 2.44. The van der Waals surface area contributed by atoms with Crippen LogP contribution in [0.15, 0.2) is 29.2 Å². The fourth-order valence-corrected chi connectivity index (χ4v) is 6.00. The first-order valence-electron chi connectivity index (χ1n) is 7.69. The summed E-state index contributed by atoms with van der Waals surface area (Å²) < 4.78 is 49.6. The number of nitrogens with two attached hydrogens (primary N) is 1. The van der Waals surface area contributed by atoms with Crippen molar-refractivity contribution in [2.24, 2.45) is 17.6 Å². The molecule has 1 saturated carbocycles. The van der Waals surface area contributed by atoms with E-state index in [0.717, 1.165) is 19.1 Å². The van der Waals surface area contributed by atoms with Crippen molar-refractivity contribution in [2.75, 3.05) is 19.3 Å². The van der Waals surface area contributed by atoms with Gasteiger partial charge in [0, 0.05) is 25.4 Å². The third-order valence-corrected chi connectivity index (χ3v) is 7.57. The Balaban J connectivity index is 0.00000208. The molecule has 1 saturated heterocycles. The van der Waals surface area contributed by atoms with Gasteiger partial charge in [-0.15, -0.1) is 12.4 Å². The van der Waals surface area contributed by atoms with Crippen molar-refractivity contribution in [2.45, 2.75) is 29.5 Å². The van der Waals surface area contributed by atoms with E-state index in [9.17, 15) is 16.8 Å². The number of sulfone groups is 1. The summed E-state index contributed by atoms with van der Waals surface area (Å²) >= 11 is 0. The molecular formula is C15H23ClN2O4S2. The van der Waals surface area contributed by atoms with Gasteiger partial charge in [-0.05, 0) is 42.4 Å². The van der Waals surface area contributed by atoms with Crippen LogP contribution in [0.4, 0.5) is 0 Å². The second-order valence-corrected chi connectivity index (χ2v) is 10.8. The molecule has 9 heteroatoms. The number of hydrogen-bond acceptors (Lipinski definition) is 5. The fourth-order valence-electron chi connectivity index (χ4n) is 3.67. The van der Waals surface area contributed by atoms with Crippen molar-refractivity contribution in [1.29, 1.82) is 0 Å². The SMILES string of the molecule is CS(=O)(=O)Cc1ccc(S(=O)(=O)N2CC3CCC(N)C3C2)cc1.Cl. The number of hydrogen-bond donors (Lipinski definition) is 1. The zero-order valence-electron chi connectivity index (χ0n) is 13.5. The standard InChI is InChI=1S/C15H22N2O4S2.ClH/c1-22(18,19)10-11-2-5-13(6-3-11)23(20,21)17-8-12-4-7-15(16)14(12)9-17;/h2-3,5-6,12,14-15H,4,7-10,16H2,1H3;1H. The van der Waals surface area contributed by atoms with E-state index in [4.69, 9.17) is 5.73 Å². The Morgan fingerprint density at radius 2 is 1.71 bits per heavy atom. The minimum absolute atomic E-state index is 0. The van der Waals surface area contributed by atoms with Gasteiger partial charge in [0.15, 0.2) is 9.84 Å². The van der Waals surface area contributed by atoms with Gasteiger partial charge in [-0.3, -0.25) is 0 Å². The molecule has 3 atom stereocenters. The van der Waals surface area contributed by atoms with Crippen molar-refractivity contribution < 1.29 is 16.8 Å². The van der Waals surface area contributed by atoms with Gasteiger partial charge < -0.3 is 5.73 Å². The zero-order valence-corrected chi connectivity index (χ0v) is 15.9. The Hall–Kier alpha value is -0.670. The molecule has 1 aromatic carbocycles. The van der Waals surface area contributed by atoms with Gasteiger partial charge in [0.05, 0.1) is 10.6 Å². The predicted octanol–water partition coefficient (Wildman–Crippen LogP) is 1.01. The molecule has 1 aliphatic carbocycles. The predicted molar refractivity (Wildman–Crippen MR) is 95.2 cm³/mol. The van der Waals surface area contributed by atoms with Crippen LogP contribution < -0.4 is 5.73 Å². The van der Waals surface area contributed by atoms with Gasteiger partial charge in [-0.25, -0.2) is 16.8 Å². The molecule has 6 nitrogen and oxygen atoms in total. The molecule has 2 N–H and O–H groups in total. The summed E-state index contributed by atoms with van der Waals surface area (Å²) in [7, 11) is -6.67. The summed E-state index contributed by atoms with van der Waals surface area (Å²) in [5.41, 5.74) is 6.65. The van der Waals surface area contributed by atoms with Gasteiger partial charge in [-0.1, -0.05) is 12.1 Å². The first-order chi connectivity index (χ1) is 10.7. The van der Waals surface area contributed by atoms with E-state index in [1.54, 1.807) is 12.1 Å². The van der Waals surface area contributed by atoms with Crippen molar-refractivity contribution >= 4 is 32.3 Å². The summed E-state index contributed by atoms with van der Waals surface area (Å²) in [4.78, 5) is 0.211. The minimum atomic E-state index is -3.54. The Bertz CT molecular complexity index is 793.